The van der Waals surface area contributed by atoms with Gasteiger partial charge in [0.15, 0.2) is 0 Å². The molecule has 0 saturated carbocycles. The van der Waals surface area contributed by atoms with Gasteiger partial charge in [0.1, 0.15) is 4.90 Å². The maximum Gasteiger partial charge on any atom is 0.244 e. The molecule has 1 aromatic rings. The first-order valence-corrected chi connectivity index (χ1v) is 11.1. The highest BCUT2D eigenvalue weighted by Crippen LogP contribution is 2.25. The van der Waals surface area contributed by atoms with Gasteiger partial charge in [0.05, 0.1) is 11.6 Å². The molecule has 0 aromatic heterocycles. The van der Waals surface area contributed by atoms with Crippen LogP contribution in [0.4, 0.5) is 0 Å². The molecule has 10 heteroatoms. The zero-order valence-corrected chi connectivity index (χ0v) is 17.2. The number of amides is 2. The van der Waals surface area contributed by atoms with Crippen molar-refractivity contribution in [3.63, 3.8) is 0 Å². The fourth-order valence-corrected chi connectivity index (χ4v) is 5.55. The molecule has 2 N–H and O–H groups in total. The lowest BCUT2D eigenvalue weighted by Gasteiger charge is -2.36. The lowest BCUT2D eigenvalue weighted by molar-refractivity contribution is -0.134. The van der Waals surface area contributed by atoms with Gasteiger partial charge in [-0.1, -0.05) is 23.7 Å². The van der Waals surface area contributed by atoms with Crippen LogP contribution >= 0.6 is 11.6 Å². The molecule has 0 bridgehead atoms. The fraction of sp³-hybridized carbons (Fsp3) is 0.556. The van der Waals surface area contributed by atoms with E-state index in [0.29, 0.717) is 39.0 Å². The number of likely N-dealkylation sites (tertiary alicyclic amines) is 1. The van der Waals surface area contributed by atoms with Gasteiger partial charge in [-0.15, -0.1) is 0 Å². The summed E-state index contributed by atoms with van der Waals surface area (Å²) in [7, 11) is -3.67. The maximum absolute atomic E-state index is 12.8. The normalized spacial score (nSPS) is 20.2. The number of carbonyl (C=O) groups excluding carboxylic acids is 2. The number of hydrogen-bond donors (Lipinski definition) is 1. The van der Waals surface area contributed by atoms with Gasteiger partial charge >= 0.3 is 0 Å². The number of nitrogens with zero attached hydrogens (tertiary/aromatic N) is 3. The van der Waals surface area contributed by atoms with E-state index in [4.69, 9.17) is 17.3 Å². The van der Waals surface area contributed by atoms with Crippen molar-refractivity contribution in [2.45, 2.75) is 17.7 Å². The minimum absolute atomic E-state index is 0.0210. The van der Waals surface area contributed by atoms with Crippen molar-refractivity contribution in [3.05, 3.63) is 29.3 Å². The van der Waals surface area contributed by atoms with Gasteiger partial charge in [-0.3, -0.25) is 14.5 Å². The Morgan fingerprint density at radius 1 is 1.04 bits per heavy atom. The summed E-state index contributed by atoms with van der Waals surface area (Å²) < 4.78 is 26.9. The molecule has 28 heavy (non-hydrogen) atoms. The van der Waals surface area contributed by atoms with E-state index in [9.17, 15) is 18.0 Å². The maximum atomic E-state index is 12.8. The molecule has 8 nitrogen and oxygen atoms in total. The molecule has 2 aliphatic heterocycles. The summed E-state index contributed by atoms with van der Waals surface area (Å²) >= 11 is 6.04. The van der Waals surface area contributed by atoms with Crippen LogP contribution < -0.4 is 5.73 Å². The zero-order chi connectivity index (χ0) is 20.3. The van der Waals surface area contributed by atoms with Crippen LogP contribution in [0.1, 0.15) is 12.8 Å². The quantitative estimate of drug-likeness (QED) is 0.729. The van der Waals surface area contributed by atoms with Crippen molar-refractivity contribution < 1.29 is 18.0 Å². The van der Waals surface area contributed by atoms with Gasteiger partial charge < -0.3 is 10.6 Å². The van der Waals surface area contributed by atoms with Crippen LogP contribution in [0, 0.1) is 5.92 Å². The highest BCUT2D eigenvalue weighted by Gasteiger charge is 2.32. The van der Waals surface area contributed by atoms with Gasteiger partial charge in [0, 0.05) is 32.1 Å². The van der Waals surface area contributed by atoms with E-state index in [0.717, 1.165) is 0 Å². The largest absolute Gasteiger partial charge is 0.369 e. The third-order valence-electron chi connectivity index (χ3n) is 5.39. The molecule has 154 valence electrons. The topological polar surface area (TPSA) is 104 Å². The van der Waals surface area contributed by atoms with E-state index in [-0.39, 0.29) is 47.3 Å². The number of halogens is 1. The van der Waals surface area contributed by atoms with E-state index in [2.05, 4.69) is 0 Å². The molecule has 0 spiro atoms. The average molecular weight is 429 g/mol. The zero-order valence-electron chi connectivity index (χ0n) is 15.6. The molecule has 3 rings (SSSR count). The van der Waals surface area contributed by atoms with E-state index in [1.807, 2.05) is 4.90 Å². The Morgan fingerprint density at radius 3 is 2.21 bits per heavy atom. The molecule has 0 unspecified atom stereocenters. The second kappa shape index (κ2) is 8.77. The lowest BCUT2D eigenvalue weighted by Crippen LogP contribution is -2.53. The first kappa shape index (κ1) is 21.0. The summed E-state index contributed by atoms with van der Waals surface area (Å²) in [5.41, 5.74) is 5.34. The van der Waals surface area contributed by atoms with Crippen LogP contribution in [0.5, 0.6) is 0 Å². The number of carbonyl (C=O) groups is 2. The monoisotopic (exact) mass is 428 g/mol. The number of rotatable bonds is 5. The summed E-state index contributed by atoms with van der Waals surface area (Å²) in [6.07, 6.45) is 1.35. The molecular formula is C18H25ClN4O4S. The van der Waals surface area contributed by atoms with Crippen LogP contribution in [-0.2, 0) is 19.6 Å². The van der Waals surface area contributed by atoms with Crippen LogP contribution in [0.25, 0.3) is 0 Å². The van der Waals surface area contributed by atoms with Crippen molar-refractivity contribution in [1.82, 2.24) is 14.1 Å². The number of benzene rings is 1. The minimum atomic E-state index is -3.67. The van der Waals surface area contributed by atoms with Gasteiger partial charge in [-0.2, -0.15) is 4.31 Å². The highest BCUT2D eigenvalue weighted by atomic mass is 35.5. The molecule has 2 fully saturated rings. The number of piperazine rings is 1. The van der Waals surface area contributed by atoms with Crippen molar-refractivity contribution in [2.24, 2.45) is 11.7 Å². The Balaban J connectivity index is 1.52. The standard InChI is InChI=1S/C18H25ClN4O4S/c19-15-3-1-2-4-16(15)28(26,27)23-11-9-22(10-12-23)17(24)13-21-7-5-14(6-8-21)18(20)25/h1-4,14H,5-13H2,(H2,20,25). The average Bonchev–Trinajstić information content (AvgIpc) is 2.68. The summed E-state index contributed by atoms with van der Waals surface area (Å²) in [6.45, 7) is 2.79. The Hall–Kier alpha value is -1.68. The molecule has 0 radical (unpaired) electrons. The third kappa shape index (κ3) is 4.65. The SMILES string of the molecule is NC(=O)C1CCN(CC(=O)N2CCN(S(=O)(=O)c3ccccc3Cl)CC2)CC1. The smallest absolute Gasteiger partial charge is 0.244 e. The van der Waals surface area contributed by atoms with E-state index in [1.165, 1.54) is 10.4 Å². The van der Waals surface area contributed by atoms with Crippen molar-refractivity contribution in [2.75, 3.05) is 45.8 Å². The Kier molecular flexibility index (Phi) is 6.59. The molecule has 2 aliphatic rings. The Bertz CT molecular complexity index is 832. The number of sulfonamides is 1. The molecule has 2 heterocycles. The van der Waals surface area contributed by atoms with Gasteiger partial charge in [0.25, 0.3) is 0 Å². The number of piperidine rings is 1. The van der Waals surface area contributed by atoms with Crippen LogP contribution in [0.3, 0.4) is 0 Å². The van der Waals surface area contributed by atoms with E-state index >= 15 is 0 Å². The molecule has 2 saturated heterocycles. The van der Waals surface area contributed by atoms with E-state index < -0.39 is 10.0 Å². The van der Waals surface area contributed by atoms with E-state index in [1.54, 1.807) is 23.1 Å². The highest BCUT2D eigenvalue weighted by molar-refractivity contribution is 7.89. The van der Waals surface area contributed by atoms with Crippen molar-refractivity contribution in [1.29, 1.82) is 0 Å². The van der Waals surface area contributed by atoms with Gasteiger partial charge in [0.2, 0.25) is 21.8 Å². The number of primary amides is 1. The third-order valence-corrected chi connectivity index (χ3v) is 7.79. The predicted molar refractivity (Wildman–Crippen MR) is 105 cm³/mol. The molecule has 1 aromatic carbocycles. The molecule has 0 aliphatic carbocycles. The number of hydrogen-bond acceptors (Lipinski definition) is 5. The van der Waals surface area contributed by atoms with Gasteiger partial charge in [-0.25, -0.2) is 8.42 Å². The van der Waals surface area contributed by atoms with Crippen LogP contribution in [0.2, 0.25) is 5.02 Å². The molecule has 0 atom stereocenters. The summed E-state index contributed by atoms with van der Waals surface area (Å²) in [5.74, 6) is -0.404. The lowest BCUT2D eigenvalue weighted by atomic mass is 9.96. The summed E-state index contributed by atoms with van der Waals surface area (Å²) in [5, 5.41) is 0.195. The minimum Gasteiger partial charge on any atom is -0.369 e. The summed E-state index contributed by atoms with van der Waals surface area (Å²) in [4.78, 5) is 27.6. The van der Waals surface area contributed by atoms with Crippen molar-refractivity contribution in [3.8, 4) is 0 Å². The second-order valence-corrected chi connectivity index (χ2v) is 9.48. The van der Waals surface area contributed by atoms with Crippen molar-refractivity contribution >= 4 is 33.4 Å². The number of nitrogens with two attached hydrogens (primary N) is 1. The Morgan fingerprint density at radius 2 is 1.64 bits per heavy atom. The van der Waals surface area contributed by atoms with Crippen LogP contribution in [0.15, 0.2) is 29.2 Å². The second-order valence-electron chi connectivity index (χ2n) is 7.17. The fourth-order valence-electron chi connectivity index (χ4n) is 3.64. The molecule has 2 amide bonds. The first-order chi connectivity index (χ1) is 13.3. The van der Waals surface area contributed by atoms with Crippen LogP contribution in [-0.4, -0.2) is 80.2 Å². The summed E-state index contributed by atoms with van der Waals surface area (Å²) in [6, 6.07) is 6.37. The van der Waals surface area contributed by atoms with Gasteiger partial charge in [-0.05, 0) is 38.1 Å². The first-order valence-electron chi connectivity index (χ1n) is 9.33. The predicted octanol–water partition coefficient (Wildman–Crippen LogP) is 0.370. The molecular weight excluding hydrogens is 404 g/mol. The Labute approximate surface area is 170 Å².